The average Bonchev–Trinajstić information content (AvgIpc) is 2.53. The molecule has 21 heavy (non-hydrogen) atoms. The molecule has 106 valence electrons. The molecule has 0 unspecified atom stereocenters. The van der Waals surface area contributed by atoms with E-state index in [4.69, 9.17) is 0 Å². The number of benzene rings is 2. The zero-order chi connectivity index (χ0) is 14.7. The van der Waals surface area contributed by atoms with E-state index in [9.17, 15) is 0 Å². The van der Waals surface area contributed by atoms with Gasteiger partial charge in [0.15, 0.2) is 0 Å². The molecule has 0 saturated carbocycles. The first kappa shape index (κ1) is 13.6. The maximum absolute atomic E-state index is 4.42. The average molecular weight is 276 g/mol. The van der Waals surface area contributed by atoms with E-state index < -0.39 is 0 Å². The number of aromatic nitrogens is 1. The van der Waals surface area contributed by atoms with Gasteiger partial charge in [-0.25, -0.2) is 0 Å². The van der Waals surface area contributed by atoms with Crippen LogP contribution in [-0.2, 0) is 13.0 Å². The van der Waals surface area contributed by atoms with Crippen molar-refractivity contribution in [2.75, 3.05) is 5.32 Å². The van der Waals surface area contributed by atoms with Gasteiger partial charge in [-0.15, -0.1) is 0 Å². The largest absolute Gasteiger partial charge is 0.381 e. The number of aryl methyl sites for hydroxylation is 2. The van der Waals surface area contributed by atoms with Crippen LogP contribution in [0.25, 0.3) is 10.9 Å². The first-order valence-electron chi connectivity index (χ1n) is 7.44. The van der Waals surface area contributed by atoms with Crippen LogP contribution in [0.3, 0.4) is 0 Å². The fraction of sp³-hybridized carbons (Fsp3) is 0.211. The smallest absolute Gasteiger partial charge is 0.0705 e. The van der Waals surface area contributed by atoms with Gasteiger partial charge in [0.25, 0.3) is 0 Å². The van der Waals surface area contributed by atoms with Crippen molar-refractivity contribution in [2.24, 2.45) is 0 Å². The number of hydrogen-bond donors (Lipinski definition) is 1. The number of hydrogen-bond acceptors (Lipinski definition) is 2. The van der Waals surface area contributed by atoms with Gasteiger partial charge in [0.1, 0.15) is 0 Å². The van der Waals surface area contributed by atoms with E-state index in [1.807, 2.05) is 12.3 Å². The minimum absolute atomic E-state index is 0.820. The van der Waals surface area contributed by atoms with Crippen molar-refractivity contribution >= 4 is 16.6 Å². The summed E-state index contributed by atoms with van der Waals surface area (Å²) in [6.07, 6.45) is 2.93. The number of rotatable bonds is 4. The highest BCUT2D eigenvalue weighted by Gasteiger charge is 2.05. The molecule has 1 N–H and O–H groups in total. The summed E-state index contributed by atoms with van der Waals surface area (Å²) in [5.74, 6) is 0. The number of anilines is 1. The molecule has 2 heteroatoms. The maximum Gasteiger partial charge on any atom is 0.0705 e. The van der Waals surface area contributed by atoms with Gasteiger partial charge in [-0.2, -0.15) is 0 Å². The van der Waals surface area contributed by atoms with Gasteiger partial charge in [0.05, 0.1) is 5.52 Å². The molecule has 0 aliphatic rings. The third kappa shape index (κ3) is 2.75. The Hall–Kier alpha value is -2.35. The van der Waals surface area contributed by atoms with Crippen molar-refractivity contribution in [3.8, 4) is 0 Å². The van der Waals surface area contributed by atoms with E-state index >= 15 is 0 Å². The SMILES string of the molecule is CCc1cccc(C)c1NCc1ccnc2ccccc12. The van der Waals surface area contributed by atoms with Gasteiger partial charge < -0.3 is 5.32 Å². The van der Waals surface area contributed by atoms with Crippen LogP contribution in [0.4, 0.5) is 5.69 Å². The molecule has 0 fully saturated rings. The van der Waals surface area contributed by atoms with Crippen molar-refractivity contribution in [1.82, 2.24) is 4.98 Å². The zero-order valence-electron chi connectivity index (χ0n) is 12.6. The number of nitrogens with zero attached hydrogens (tertiary/aromatic N) is 1. The van der Waals surface area contributed by atoms with Gasteiger partial charge in [-0.1, -0.05) is 43.3 Å². The fourth-order valence-corrected chi connectivity index (χ4v) is 2.77. The molecule has 3 aromatic rings. The van der Waals surface area contributed by atoms with E-state index in [2.05, 4.69) is 66.6 Å². The molecule has 0 aliphatic heterocycles. The highest BCUT2D eigenvalue weighted by molar-refractivity contribution is 5.82. The van der Waals surface area contributed by atoms with Crippen LogP contribution in [-0.4, -0.2) is 4.98 Å². The number of pyridine rings is 1. The van der Waals surface area contributed by atoms with Crippen LogP contribution in [0.1, 0.15) is 23.6 Å². The number of fused-ring (bicyclic) bond motifs is 1. The second-order valence-electron chi connectivity index (χ2n) is 5.30. The van der Waals surface area contributed by atoms with Crippen LogP contribution in [0.5, 0.6) is 0 Å². The molecule has 0 atom stereocenters. The Labute approximate surface area is 125 Å². The zero-order valence-corrected chi connectivity index (χ0v) is 12.6. The van der Waals surface area contributed by atoms with Crippen LogP contribution >= 0.6 is 0 Å². The van der Waals surface area contributed by atoms with Gasteiger partial charge in [0, 0.05) is 23.8 Å². The monoisotopic (exact) mass is 276 g/mol. The van der Waals surface area contributed by atoms with Gasteiger partial charge in [-0.05, 0) is 42.2 Å². The summed E-state index contributed by atoms with van der Waals surface area (Å²) in [7, 11) is 0. The van der Waals surface area contributed by atoms with Crippen LogP contribution in [0.2, 0.25) is 0 Å². The molecule has 2 aromatic carbocycles. The maximum atomic E-state index is 4.42. The van der Waals surface area contributed by atoms with Gasteiger partial charge in [-0.3, -0.25) is 4.98 Å². The lowest BCUT2D eigenvalue weighted by molar-refractivity contribution is 1.08. The third-order valence-corrected chi connectivity index (χ3v) is 3.93. The van der Waals surface area contributed by atoms with E-state index in [1.54, 1.807) is 0 Å². The van der Waals surface area contributed by atoms with Gasteiger partial charge in [0.2, 0.25) is 0 Å². The van der Waals surface area contributed by atoms with E-state index in [-0.39, 0.29) is 0 Å². The third-order valence-electron chi connectivity index (χ3n) is 3.93. The lowest BCUT2D eigenvalue weighted by Crippen LogP contribution is -2.04. The molecule has 0 spiro atoms. The second kappa shape index (κ2) is 5.96. The normalized spacial score (nSPS) is 10.8. The number of nitrogens with one attached hydrogen (secondary N) is 1. The lowest BCUT2D eigenvalue weighted by atomic mass is 10.0. The van der Waals surface area contributed by atoms with E-state index in [1.165, 1.54) is 27.8 Å². The molecule has 1 aromatic heterocycles. The Morgan fingerprint density at radius 3 is 2.67 bits per heavy atom. The summed E-state index contributed by atoms with van der Waals surface area (Å²) in [6.45, 7) is 5.18. The summed E-state index contributed by atoms with van der Waals surface area (Å²) in [6, 6.07) is 16.9. The van der Waals surface area contributed by atoms with Crippen LogP contribution < -0.4 is 5.32 Å². The fourth-order valence-electron chi connectivity index (χ4n) is 2.77. The predicted octanol–water partition coefficient (Wildman–Crippen LogP) is 4.72. The van der Waals surface area contributed by atoms with Crippen molar-refractivity contribution in [3.63, 3.8) is 0 Å². The quantitative estimate of drug-likeness (QED) is 0.746. The number of para-hydroxylation sites is 2. The highest BCUT2D eigenvalue weighted by Crippen LogP contribution is 2.23. The first-order valence-corrected chi connectivity index (χ1v) is 7.44. The molecule has 0 amide bonds. The molecular formula is C19H20N2. The molecule has 3 rings (SSSR count). The molecule has 0 saturated heterocycles. The van der Waals surface area contributed by atoms with Crippen molar-refractivity contribution < 1.29 is 0 Å². The Balaban J connectivity index is 1.91. The van der Waals surface area contributed by atoms with Crippen molar-refractivity contribution in [3.05, 3.63) is 71.4 Å². The summed E-state index contributed by atoms with van der Waals surface area (Å²) in [5, 5.41) is 4.83. The minimum atomic E-state index is 0.820. The molecule has 0 radical (unpaired) electrons. The highest BCUT2D eigenvalue weighted by atomic mass is 14.9. The summed E-state index contributed by atoms with van der Waals surface area (Å²) in [5.41, 5.74) is 6.27. The molecule has 0 aliphatic carbocycles. The summed E-state index contributed by atoms with van der Waals surface area (Å²) >= 11 is 0. The summed E-state index contributed by atoms with van der Waals surface area (Å²) in [4.78, 5) is 4.42. The summed E-state index contributed by atoms with van der Waals surface area (Å²) < 4.78 is 0. The minimum Gasteiger partial charge on any atom is -0.381 e. The van der Waals surface area contributed by atoms with E-state index in [0.29, 0.717) is 0 Å². The van der Waals surface area contributed by atoms with Crippen LogP contribution in [0.15, 0.2) is 54.7 Å². The first-order chi connectivity index (χ1) is 10.3. The molecular weight excluding hydrogens is 256 g/mol. The van der Waals surface area contributed by atoms with Crippen molar-refractivity contribution in [2.45, 2.75) is 26.8 Å². The lowest BCUT2D eigenvalue weighted by Gasteiger charge is -2.15. The standard InChI is InChI=1S/C19H20N2/c1-3-15-8-6-7-14(2)19(15)21-13-16-11-12-20-18-10-5-4-9-17(16)18/h4-12,21H,3,13H2,1-2H3. The Morgan fingerprint density at radius 2 is 1.81 bits per heavy atom. The topological polar surface area (TPSA) is 24.9 Å². The molecule has 1 heterocycles. The Kier molecular flexibility index (Phi) is 3.87. The molecule has 0 bridgehead atoms. The van der Waals surface area contributed by atoms with E-state index in [0.717, 1.165) is 18.5 Å². The Morgan fingerprint density at radius 1 is 0.952 bits per heavy atom. The van der Waals surface area contributed by atoms with Gasteiger partial charge >= 0.3 is 0 Å². The van der Waals surface area contributed by atoms with Crippen molar-refractivity contribution in [1.29, 1.82) is 0 Å². The predicted molar refractivity (Wildman–Crippen MR) is 89.6 cm³/mol. The second-order valence-corrected chi connectivity index (χ2v) is 5.30. The molecule has 2 nitrogen and oxygen atoms in total. The Bertz CT molecular complexity index is 757. The van der Waals surface area contributed by atoms with Crippen LogP contribution in [0, 0.1) is 6.92 Å².